The van der Waals surface area contributed by atoms with Gasteiger partial charge >= 0.3 is 0 Å². The van der Waals surface area contributed by atoms with Gasteiger partial charge in [-0.3, -0.25) is 4.99 Å². The summed E-state index contributed by atoms with van der Waals surface area (Å²) < 4.78 is 5.41. The molecule has 0 saturated carbocycles. The maximum absolute atomic E-state index is 5.41. The minimum Gasteiger partial charge on any atom is -0.379 e. The lowest BCUT2D eigenvalue weighted by Crippen LogP contribution is -2.44. The second-order valence-electron chi connectivity index (χ2n) is 4.29. The van der Waals surface area contributed by atoms with E-state index in [1.165, 1.54) is 0 Å². The van der Waals surface area contributed by atoms with Crippen LogP contribution < -0.4 is 10.6 Å². The lowest BCUT2D eigenvalue weighted by molar-refractivity contribution is 0.0205. The largest absolute Gasteiger partial charge is 0.379 e. The molecule has 0 bridgehead atoms. The maximum Gasteiger partial charge on any atom is 0.190 e. The van der Waals surface area contributed by atoms with Crippen molar-refractivity contribution in [3.05, 3.63) is 0 Å². The summed E-state index contributed by atoms with van der Waals surface area (Å²) in [5.41, 5.74) is 0.133. The van der Waals surface area contributed by atoms with E-state index in [-0.39, 0.29) is 11.5 Å². The summed E-state index contributed by atoms with van der Waals surface area (Å²) in [5, 5.41) is 6.16. The summed E-state index contributed by atoms with van der Waals surface area (Å²) in [6.07, 6.45) is 0.174. The SMILES string of the molecule is CN=C(NC)NCC(OC)C(C)(C)C. The number of guanidine groups is 1. The summed E-state index contributed by atoms with van der Waals surface area (Å²) >= 11 is 0. The molecule has 0 aliphatic carbocycles. The topological polar surface area (TPSA) is 45.7 Å². The fourth-order valence-corrected chi connectivity index (χ4v) is 1.21. The standard InChI is InChI=1S/C10H23N3O/c1-10(2,3)8(14-6)7-13-9(11-4)12-5/h8H,7H2,1-6H3,(H2,11,12,13). The second kappa shape index (κ2) is 5.86. The van der Waals surface area contributed by atoms with Crippen molar-refractivity contribution in [2.75, 3.05) is 27.7 Å². The second-order valence-corrected chi connectivity index (χ2v) is 4.29. The maximum atomic E-state index is 5.41. The van der Waals surface area contributed by atoms with E-state index in [0.29, 0.717) is 0 Å². The summed E-state index contributed by atoms with van der Waals surface area (Å²) in [7, 11) is 5.33. The van der Waals surface area contributed by atoms with Gasteiger partial charge in [0, 0.05) is 27.7 Å². The normalized spacial score (nSPS) is 15.1. The Bertz CT molecular complexity index is 184. The molecule has 0 aliphatic heterocycles. The highest BCUT2D eigenvalue weighted by Gasteiger charge is 2.24. The molecule has 1 atom stereocenters. The molecule has 1 unspecified atom stereocenters. The van der Waals surface area contributed by atoms with Gasteiger partial charge in [0.05, 0.1) is 6.10 Å². The Morgan fingerprint density at radius 3 is 2.29 bits per heavy atom. The van der Waals surface area contributed by atoms with Crippen LogP contribution in [0.3, 0.4) is 0 Å². The van der Waals surface area contributed by atoms with Crippen LogP contribution in [0.5, 0.6) is 0 Å². The molecule has 0 radical (unpaired) electrons. The number of aliphatic imine (C=N–C) groups is 1. The smallest absolute Gasteiger partial charge is 0.190 e. The van der Waals surface area contributed by atoms with Crippen molar-refractivity contribution in [3.63, 3.8) is 0 Å². The van der Waals surface area contributed by atoms with E-state index in [1.807, 2.05) is 7.05 Å². The van der Waals surface area contributed by atoms with Gasteiger partial charge in [0.25, 0.3) is 0 Å². The molecule has 84 valence electrons. The first kappa shape index (κ1) is 13.2. The summed E-state index contributed by atoms with van der Waals surface area (Å²) in [5.74, 6) is 0.788. The summed E-state index contributed by atoms with van der Waals surface area (Å²) in [4.78, 5) is 4.03. The zero-order valence-corrected chi connectivity index (χ0v) is 10.1. The predicted octanol–water partition coefficient (Wildman–Crippen LogP) is 0.842. The van der Waals surface area contributed by atoms with Crippen molar-refractivity contribution < 1.29 is 4.74 Å². The van der Waals surface area contributed by atoms with Crippen molar-refractivity contribution in [2.24, 2.45) is 10.4 Å². The molecule has 0 fully saturated rings. The van der Waals surface area contributed by atoms with Gasteiger partial charge in [0.1, 0.15) is 0 Å². The average Bonchev–Trinajstić information content (AvgIpc) is 2.10. The van der Waals surface area contributed by atoms with Gasteiger partial charge in [0.2, 0.25) is 0 Å². The number of hydrogen-bond donors (Lipinski definition) is 2. The van der Waals surface area contributed by atoms with Crippen molar-refractivity contribution in [1.82, 2.24) is 10.6 Å². The summed E-state index contributed by atoms with van der Waals surface area (Å²) in [6.45, 7) is 7.23. The first-order chi connectivity index (χ1) is 6.45. The van der Waals surface area contributed by atoms with E-state index in [4.69, 9.17) is 4.74 Å². The Kier molecular flexibility index (Phi) is 5.53. The van der Waals surface area contributed by atoms with Crippen molar-refractivity contribution >= 4 is 5.96 Å². The third-order valence-electron chi connectivity index (χ3n) is 2.17. The average molecular weight is 201 g/mol. The van der Waals surface area contributed by atoms with Gasteiger partial charge in [0.15, 0.2) is 5.96 Å². The highest BCUT2D eigenvalue weighted by Crippen LogP contribution is 2.20. The Balaban J connectivity index is 4.09. The first-order valence-electron chi connectivity index (χ1n) is 4.87. The van der Waals surface area contributed by atoms with Crippen LogP contribution in [-0.2, 0) is 4.74 Å². The molecule has 0 rings (SSSR count). The zero-order valence-electron chi connectivity index (χ0n) is 10.1. The molecular weight excluding hydrogens is 178 g/mol. The number of nitrogens with zero attached hydrogens (tertiary/aromatic N) is 1. The van der Waals surface area contributed by atoms with Crippen LogP contribution in [0.4, 0.5) is 0 Å². The van der Waals surface area contributed by atoms with E-state index in [0.717, 1.165) is 12.5 Å². The number of methoxy groups -OCH3 is 1. The quantitative estimate of drug-likeness (QED) is 0.525. The molecule has 0 spiro atoms. The molecule has 0 heterocycles. The Morgan fingerprint density at radius 2 is 2.00 bits per heavy atom. The van der Waals surface area contributed by atoms with Gasteiger partial charge in [-0.1, -0.05) is 20.8 Å². The molecule has 0 saturated heterocycles. The molecular formula is C10H23N3O. The van der Waals surface area contributed by atoms with E-state index < -0.39 is 0 Å². The van der Waals surface area contributed by atoms with Gasteiger partial charge in [-0.2, -0.15) is 0 Å². The van der Waals surface area contributed by atoms with Crippen molar-refractivity contribution in [3.8, 4) is 0 Å². The molecule has 0 aromatic carbocycles. The van der Waals surface area contributed by atoms with Crippen LogP contribution in [0.25, 0.3) is 0 Å². The molecule has 14 heavy (non-hydrogen) atoms. The molecule has 0 aromatic heterocycles. The van der Waals surface area contributed by atoms with E-state index >= 15 is 0 Å². The Morgan fingerprint density at radius 1 is 1.43 bits per heavy atom. The van der Waals surface area contributed by atoms with Crippen molar-refractivity contribution in [2.45, 2.75) is 26.9 Å². The zero-order chi connectivity index (χ0) is 11.2. The fraction of sp³-hybridized carbons (Fsp3) is 0.900. The third-order valence-corrected chi connectivity index (χ3v) is 2.17. The number of nitrogens with one attached hydrogen (secondary N) is 2. The Hall–Kier alpha value is -0.770. The van der Waals surface area contributed by atoms with Gasteiger partial charge in [-0.25, -0.2) is 0 Å². The monoisotopic (exact) mass is 201 g/mol. The number of hydrogen-bond acceptors (Lipinski definition) is 2. The van der Waals surface area contributed by atoms with Crippen LogP contribution in [0.2, 0.25) is 0 Å². The first-order valence-corrected chi connectivity index (χ1v) is 4.87. The van der Waals surface area contributed by atoms with E-state index in [9.17, 15) is 0 Å². The molecule has 4 heteroatoms. The Labute approximate surface area is 87.1 Å². The molecule has 4 nitrogen and oxygen atoms in total. The lowest BCUT2D eigenvalue weighted by atomic mass is 9.89. The van der Waals surface area contributed by atoms with Gasteiger partial charge < -0.3 is 15.4 Å². The van der Waals surface area contributed by atoms with Crippen LogP contribution in [-0.4, -0.2) is 39.8 Å². The van der Waals surface area contributed by atoms with Gasteiger partial charge in [-0.15, -0.1) is 0 Å². The van der Waals surface area contributed by atoms with Crippen molar-refractivity contribution in [1.29, 1.82) is 0 Å². The van der Waals surface area contributed by atoms with Crippen LogP contribution in [0.15, 0.2) is 4.99 Å². The highest BCUT2D eigenvalue weighted by molar-refractivity contribution is 5.79. The van der Waals surface area contributed by atoms with Crippen LogP contribution >= 0.6 is 0 Å². The molecule has 0 aromatic rings. The van der Waals surface area contributed by atoms with Gasteiger partial charge in [-0.05, 0) is 5.41 Å². The molecule has 0 amide bonds. The number of rotatable bonds is 3. The van der Waals surface area contributed by atoms with E-state index in [1.54, 1.807) is 14.2 Å². The summed E-state index contributed by atoms with van der Waals surface area (Å²) in [6, 6.07) is 0. The van der Waals surface area contributed by atoms with Crippen LogP contribution in [0.1, 0.15) is 20.8 Å². The highest BCUT2D eigenvalue weighted by atomic mass is 16.5. The lowest BCUT2D eigenvalue weighted by Gasteiger charge is -2.29. The number of ether oxygens (including phenoxy) is 1. The minimum absolute atomic E-state index is 0.133. The molecule has 2 N–H and O–H groups in total. The third kappa shape index (κ3) is 4.46. The molecule has 0 aliphatic rings. The van der Waals surface area contributed by atoms with Crippen LogP contribution in [0, 0.1) is 5.41 Å². The minimum atomic E-state index is 0.133. The fourth-order valence-electron chi connectivity index (χ4n) is 1.21. The predicted molar refractivity (Wildman–Crippen MR) is 60.7 cm³/mol. The van der Waals surface area contributed by atoms with E-state index in [2.05, 4.69) is 36.4 Å².